The Morgan fingerprint density at radius 2 is 2.15 bits per heavy atom. The first-order chi connectivity index (χ1) is 15.8. The molecule has 2 aromatic rings. The van der Waals surface area contributed by atoms with Crippen LogP contribution >= 0.6 is 11.6 Å². The quantitative estimate of drug-likeness (QED) is 0.570. The van der Waals surface area contributed by atoms with Crippen molar-refractivity contribution in [1.29, 1.82) is 0 Å². The standard InChI is InChI=1S/C23H29ClN6O3/c1-15-12-16(7-8-19(15)27-20(31)6-5-10-29(2)3)22(32)30-11-9-17(14-30)26-23-25-13-18(24)21(28-23)33-4/h5-8,12-13,17H,9-11,14H2,1-4H3,(H,27,31)(H,25,26,28)/b6-5+. The molecule has 1 atom stereocenters. The smallest absolute Gasteiger partial charge is 0.253 e. The lowest BCUT2D eigenvalue weighted by Gasteiger charge is -2.18. The number of aromatic nitrogens is 2. The monoisotopic (exact) mass is 472 g/mol. The van der Waals surface area contributed by atoms with Crippen molar-refractivity contribution in [3.05, 3.63) is 52.7 Å². The third-order valence-electron chi connectivity index (χ3n) is 5.18. The summed E-state index contributed by atoms with van der Waals surface area (Å²) in [6.07, 6.45) is 5.56. The topological polar surface area (TPSA) is 99.7 Å². The van der Waals surface area contributed by atoms with E-state index in [4.69, 9.17) is 16.3 Å². The number of amides is 2. The van der Waals surface area contributed by atoms with Crippen molar-refractivity contribution >= 4 is 35.1 Å². The van der Waals surface area contributed by atoms with Gasteiger partial charge in [0.1, 0.15) is 5.02 Å². The average molecular weight is 473 g/mol. The fourth-order valence-corrected chi connectivity index (χ4v) is 3.64. The molecule has 1 aliphatic heterocycles. The van der Waals surface area contributed by atoms with Crippen LogP contribution in [0.4, 0.5) is 11.6 Å². The molecule has 176 valence electrons. The molecule has 0 aliphatic carbocycles. The summed E-state index contributed by atoms with van der Waals surface area (Å²) in [6, 6.07) is 5.32. The minimum absolute atomic E-state index is 0.0217. The largest absolute Gasteiger partial charge is 0.480 e. The number of nitrogens with one attached hydrogen (secondary N) is 2. The molecule has 9 nitrogen and oxygen atoms in total. The van der Waals surface area contributed by atoms with Gasteiger partial charge in [0.25, 0.3) is 5.91 Å². The molecule has 1 saturated heterocycles. The first-order valence-corrected chi connectivity index (χ1v) is 11.0. The van der Waals surface area contributed by atoms with Gasteiger partial charge in [-0.05, 0) is 51.2 Å². The van der Waals surface area contributed by atoms with Crippen molar-refractivity contribution < 1.29 is 14.3 Å². The number of benzene rings is 1. The van der Waals surface area contributed by atoms with Crippen LogP contribution in [0.5, 0.6) is 5.88 Å². The number of rotatable bonds is 8. The van der Waals surface area contributed by atoms with Gasteiger partial charge in [0, 0.05) is 43.0 Å². The van der Waals surface area contributed by atoms with E-state index in [1.54, 1.807) is 29.2 Å². The summed E-state index contributed by atoms with van der Waals surface area (Å²) in [4.78, 5) is 37.3. The van der Waals surface area contributed by atoms with E-state index < -0.39 is 0 Å². The second-order valence-electron chi connectivity index (χ2n) is 8.12. The number of likely N-dealkylation sites (N-methyl/N-ethyl adjacent to an activating group) is 1. The van der Waals surface area contributed by atoms with Gasteiger partial charge in [-0.3, -0.25) is 9.59 Å². The zero-order valence-corrected chi connectivity index (χ0v) is 20.0. The third kappa shape index (κ3) is 6.66. The number of carbonyl (C=O) groups excluding carboxylic acids is 2. The van der Waals surface area contributed by atoms with E-state index in [9.17, 15) is 9.59 Å². The summed E-state index contributed by atoms with van der Waals surface area (Å²) >= 11 is 5.97. The van der Waals surface area contributed by atoms with E-state index in [0.29, 0.717) is 47.7 Å². The predicted octanol–water partition coefficient (Wildman–Crippen LogP) is 2.83. The van der Waals surface area contributed by atoms with E-state index >= 15 is 0 Å². The Bertz CT molecular complexity index is 1040. The van der Waals surface area contributed by atoms with Crippen molar-refractivity contribution in [2.24, 2.45) is 0 Å². The highest BCUT2D eigenvalue weighted by Crippen LogP contribution is 2.23. The number of ether oxygens (including phenoxy) is 1. The van der Waals surface area contributed by atoms with Crippen molar-refractivity contribution in [3.63, 3.8) is 0 Å². The third-order valence-corrected chi connectivity index (χ3v) is 5.44. The lowest BCUT2D eigenvalue weighted by atomic mass is 10.1. The Labute approximate surface area is 198 Å². The normalized spacial score (nSPS) is 15.8. The summed E-state index contributed by atoms with van der Waals surface area (Å²) in [7, 11) is 5.36. The Morgan fingerprint density at radius 1 is 1.36 bits per heavy atom. The fourth-order valence-electron chi connectivity index (χ4n) is 3.47. The number of aryl methyl sites for hydroxylation is 1. The molecule has 0 spiro atoms. The van der Waals surface area contributed by atoms with E-state index in [1.165, 1.54) is 19.4 Å². The molecular formula is C23H29ClN6O3. The van der Waals surface area contributed by atoms with Gasteiger partial charge >= 0.3 is 0 Å². The van der Waals surface area contributed by atoms with Crippen LogP contribution in [-0.4, -0.2) is 78.5 Å². The maximum absolute atomic E-state index is 13.0. The van der Waals surface area contributed by atoms with Gasteiger partial charge in [0.05, 0.1) is 13.3 Å². The maximum atomic E-state index is 13.0. The van der Waals surface area contributed by atoms with Gasteiger partial charge < -0.3 is 25.2 Å². The Morgan fingerprint density at radius 3 is 2.85 bits per heavy atom. The molecule has 1 unspecified atom stereocenters. The number of nitrogens with zero attached hydrogens (tertiary/aromatic N) is 4. The molecule has 2 heterocycles. The molecule has 33 heavy (non-hydrogen) atoms. The van der Waals surface area contributed by atoms with Gasteiger partial charge in [-0.25, -0.2) is 4.98 Å². The van der Waals surface area contributed by atoms with E-state index in [1.807, 2.05) is 25.9 Å². The molecule has 10 heteroatoms. The summed E-state index contributed by atoms with van der Waals surface area (Å²) in [5, 5.41) is 6.43. The van der Waals surface area contributed by atoms with Crippen LogP contribution in [0.15, 0.2) is 36.5 Å². The van der Waals surface area contributed by atoms with Crippen LogP contribution in [0.2, 0.25) is 5.02 Å². The van der Waals surface area contributed by atoms with Crippen LogP contribution in [0.25, 0.3) is 0 Å². The number of anilines is 2. The Hall–Kier alpha value is -3.17. The molecule has 0 radical (unpaired) electrons. The minimum atomic E-state index is -0.200. The first kappa shape index (κ1) is 24.5. The van der Waals surface area contributed by atoms with Crippen LogP contribution in [-0.2, 0) is 4.79 Å². The molecule has 1 fully saturated rings. The SMILES string of the molecule is COc1nc(NC2CCN(C(=O)c3ccc(NC(=O)/C=C/CN(C)C)c(C)c3)C2)ncc1Cl. The molecule has 2 N–H and O–H groups in total. The predicted molar refractivity (Wildman–Crippen MR) is 129 cm³/mol. The number of halogens is 1. The second kappa shape index (κ2) is 11.1. The highest BCUT2D eigenvalue weighted by molar-refractivity contribution is 6.31. The molecule has 1 aromatic carbocycles. The second-order valence-corrected chi connectivity index (χ2v) is 8.52. The van der Waals surface area contributed by atoms with Crippen molar-refractivity contribution in [3.8, 4) is 5.88 Å². The highest BCUT2D eigenvalue weighted by Gasteiger charge is 2.28. The zero-order chi connectivity index (χ0) is 24.0. The molecule has 1 aromatic heterocycles. The molecule has 3 rings (SSSR count). The molecule has 0 bridgehead atoms. The van der Waals surface area contributed by atoms with Crippen LogP contribution < -0.4 is 15.4 Å². The van der Waals surface area contributed by atoms with Gasteiger partial charge in [0.15, 0.2) is 0 Å². The average Bonchev–Trinajstić information content (AvgIpc) is 3.24. The number of methoxy groups -OCH3 is 1. The van der Waals surface area contributed by atoms with Crippen LogP contribution in [0, 0.1) is 6.92 Å². The van der Waals surface area contributed by atoms with Crippen LogP contribution in [0.3, 0.4) is 0 Å². The van der Waals surface area contributed by atoms with E-state index in [2.05, 4.69) is 20.6 Å². The number of likely N-dealkylation sites (tertiary alicyclic amines) is 1. The number of hydrogen-bond donors (Lipinski definition) is 2. The fraction of sp³-hybridized carbons (Fsp3) is 0.391. The van der Waals surface area contributed by atoms with E-state index in [0.717, 1.165) is 12.0 Å². The summed E-state index contributed by atoms with van der Waals surface area (Å²) < 4.78 is 5.12. The van der Waals surface area contributed by atoms with Crippen molar-refractivity contribution in [2.45, 2.75) is 19.4 Å². The number of hydrogen-bond acceptors (Lipinski definition) is 7. The molecule has 1 aliphatic rings. The first-order valence-electron chi connectivity index (χ1n) is 10.6. The van der Waals surface area contributed by atoms with Gasteiger partial charge in [0.2, 0.25) is 17.7 Å². The summed E-state index contributed by atoms with van der Waals surface area (Å²) in [6.45, 7) is 3.70. The molecular weight excluding hydrogens is 444 g/mol. The molecule has 0 saturated carbocycles. The number of carbonyl (C=O) groups is 2. The van der Waals surface area contributed by atoms with Crippen molar-refractivity contribution in [1.82, 2.24) is 19.8 Å². The Balaban J connectivity index is 1.58. The maximum Gasteiger partial charge on any atom is 0.253 e. The summed E-state index contributed by atoms with van der Waals surface area (Å²) in [5.41, 5.74) is 2.09. The minimum Gasteiger partial charge on any atom is -0.480 e. The Kier molecular flexibility index (Phi) is 8.24. The zero-order valence-electron chi connectivity index (χ0n) is 19.3. The van der Waals surface area contributed by atoms with Gasteiger partial charge in [-0.2, -0.15) is 4.98 Å². The lowest BCUT2D eigenvalue weighted by Crippen LogP contribution is -2.32. The lowest BCUT2D eigenvalue weighted by molar-refractivity contribution is -0.111. The van der Waals surface area contributed by atoms with Gasteiger partial charge in [-0.15, -0.1) is 0 Å². The van der Waals surface area contributed by atoms with E-state index in [-0.39, 0.29) is 17.9 Å². The highest BCUT2D eigenvalue weighted by atomic mass is 35.5. The van der Waals surface area contributed by atoms with Crippen molar-refractivity contribution in [2.75, 3.05) is 51.5 Å². The van der Waals surface area contributed by atoms with Crippen LogP contribution in [0.1, 0.15) is 22.3 Å². The van der Waals surface area contributed by atoms with Gasteiger partial charge in [-0.1, -0.05) is 17.7 Å². The molecule has 2 amide bonds. The summed E-state index contributed by atoms with van der Waals surface area (Å²) in [5.74, 6) is 0.455.